The summed E-state index contributed by atoms with van der Waals surface area (Å²) in [6.45, 7) is 0. The van der Waals surface area contributed by atoms with Crippen LogP contribution >= 0.6 is 12.2 Å². The number of nitrogens with zero attached hydrogens (tertiary/aromatic N) is 2. The van der Waals surface area contributed by atoms with E-state index in [1.54, 1.807) is 12.1 Å². The maximum atomic E-state index is 12.4. The van der Waals surface area contributed by atoms with Gasteiger partial charge in [0, 0.05) is 22.9 Å². The lowest BCUT2D eigenvalue weighted by Crippen LogP contribution is -2.34. The van der Waals surface area contributed by atoms with Gasteiger partial charge >= 0.3 is 5.69 Å². The number of rotatable bonds is 5. The van der Waals surface area contributed by atoms with E-state index in [9.17, 15) is 14.9 Å². The maximum absolute atomic E-state index is 12.4. The highest BCUT2D eigenvalue weighted by molar-refractivity contribution is 7.80. The van der Waals surface area contributed by atoms with Gasteiger partial charge < -0.3 is 15.0 Å². The van der Waals surface area contributed by atoms with Gasteiger partial charge in [-0.3, -0.25) is 20.2 Å². The second kappa shape index (κ2) is 8.82. The van der Waals surface area contributed by atoms with Crippen molar-refractivity contribution in [1.29, 1.82) is 0 Å². The molecule has 1 heterocycles. The Hall–Kier alpha value is -4.31. The van der Waals surface area contributed by atoms with Gasteiger partial charge in [0.05, 0.1) is 23.1 Å². The number of aromatic amines is 1. The van der Waals surface area contributed by atoms with Gasteiger partial charge in [0.1, 0.15) is 5.82 Å². The fourth-order valence-corrected chi connectivity index (χ4v) is 3.32. The highest BCUT2D eigenvalue weighted by Crippen LogP contribution is 2.27. The highest BCUT2D eigenvalue weighted by Gasteiger charge is 2.18. The number of fused-ring (bicyclic) bond motifs is 1. The summed E-state index contributed by atoms with van der Waals surface area (Å²) in [5.74, 6) is 0.235. The minimum absolute atomic E-state index is 0.0601. The quantitative estimate of drug-likeness (QED) is 0.237. The molecule has 0 aliphatic carbocycles. The molecular weight excluding hydrogens is 430 g/mol. The van der Waals surface area contributed by atoms with Gasteiger partial charge in [-0.2, -0.15) is 0 Å². The number of imidazole rings is 1. The number of nitro benzene ring substituents is 1. The lowest BCUT2D eigenvalue weighted by Gasteiger charge is -2.10. The van der Waals surface area contributed by atoms with E-state index in [4.69, 9.17) is 17.0 Å². The van der Waals surface area contributed by atoms with Gasteiger partial charge in [-0.15, -0.1) is 0 Å². The number of para-hydroxylation sites is 2. The zero-order chi connectivity index (χ0) is 22.7. The van der Waals surface area contributed by atoms with Crippen molar-refractivity contribution in [2.45, 2.75) is 0 Å². The van der Waals surface area contributed by atoms with E-state index >= 15 is 0 Å². The first-order chi connectivity index (χ1) is 15.4. The van der Waals surface area contributed by atoms with Crippen LogP contribution in [0.2, 0.25) is 0 Å². The normalized spacial score (nSPS) is 10.5. The molecule has 3 N–H and O–H groups in total. The van der Waals surface area contributed by atoms with E-state index in [-0.39, 0.29) is 22.1 Å². The van der Waals surface area contributed by atoms with Crippen LogP contribution in [-0.4, -0.2) is 33.0 Å². The number of hydrogen-bond acceptors (Lipinski definition) is 6. The first-order valence-electron chi connectivity index (χ1n) is 9.44. The Bertz CT molecular complexity index is 1300. The van der Waals surface area contributed by atoms with Crippen LogP contribution in [0.4, 0.5) is 11.4 Å². The predicted molar refractivity (Wildman–Crippen MR) is 125 cm³/mol. The van der Waals surface area contributed by atoms with Crippen LogP contribution in [0, 0.1) is 10.1 Å². The zero-order valence-corrected chi connectivity index (χ0v) is 17.6. The summed E-state index contributed by atoms with van der Waals surface area (Å²) in [5, 5.41) is 16.6. The van der Waals surface area contributed by atoms with Crippen molar-refractivity contribution in [2.75, 3.05) is 12.4 Å². The van der Waals surface area contributed by atoms with Crippen molar-refractivity contribution in [3.63, 3.8) is 0 Å². The molecule has 0 aliphatic rings. The second-order valence-corrected chi connectivity index (χ2v) is 7.14. The van der Waals surface area contributed by atoms with E-state index < -0.39 is 10.8 Å². The Labute approximate surface area is 187 Å². The Morgan fingerprint density at radius 3 is 2.56 bits per heavy atom. The van der Waals surface area contributed by atoms with Crippen molar-refractivity contribution >= 4 is 45.6 Å². The van der Waals surface area contributed by atoms with E-state index in [0.29, 0.717) is 5.69 Å². The second-order valence-electron chi connectivity index (χ2n) is 6.73. The molecule has 160 valence electrons. The number of anilines is 1. The van der Waals surface area contributed by atoms with Crippen molar-refractivity contribution in [3.05, 3.63) is 82.4 Å². The summed E-state index contributed by atoms with van der Waals surface area (Å²) in [6, 6.07) is 19.0. The molecule has 0 bridgehead atoms. The van der Waals surface area contributed by atoms with E-state index in [1.807, 2.05) is 36.4 Å². The summed E-state index contributed by atoms with van der Waals surface area (Å²) >= 11 is 5.20. The fourth-order valence-electron chi connectivity index (χ4n) is 3.11. The molecule has 1 aromatic heterocycles. The molecule has 0 radical (unpaired) electrons. The zero-order valence-electron chi connectivity index (χ0n) is 16.8. The van der Waals surface area contributed by atoms with Crippen molar-refractivity contribution in [2.24, 2.45) is 0 Å². The molecule has 9 nitrogen and oxygen atoms in total. The molecular formula is C22H17N5O4S. The van der Waals surface area contributed by atoms with Crippen LogP contribution in [0.5, 0.6) is 5.75 Å². The fraction of sp³-hybridized carbons (Fsp3) is 0.0455. The van der Waals surface area contributed by atoms with Crippen molar-refractivity contribution in [3.8, 4) is 17.1 Å². The van der Waals surface area contributed by atoms with E-state index in [0.717, 1.165) is 28.5 Å². The number of methoxy groups -OCH3 is 1. The number of carbonyl (C=O) groups is 1. The Kier molecular flexibility index (Phi) is 5.77. The summed E-state index contributed by atoms with van der Waals surface area (Å²) in [5.41, 5.74) is 3.17. The largest absolute Gasteiger partial charge is 0.490 e. The minimum Gasteiger partial charge on any atom is -0.490 e. The predicted octanol–water partition coefficient (Wildman–Crippen LogP) is 4.27. The smallest absolute Gasteiger partial charge is 0.311 e. The van der Waals surface area contributed by atoms with Crippen LogP contribution in [0.25, 0.3) is 22.4 Å². The summed E-state index contributed by atoms with van der Waals surface area (Å²) in [4.78, 5) is 30.8. The first-order valence-corrected chi connectivity index (χ1v) is 9.85. The number of hydrogen-bond donors (Lipinski definition) is 3. The van der Waals surface area contributed by atoms with Gasteiger partial charge in [-0.05, 0) is 60.7 Å². The van der Waals surface area contributed by atoms with Gasteiger partial charge in [0.25, 0.3) is 5.91 Å². The van der Waals surface area contributed by atoms with Gasteiger partial charge in [0.15, 0.2) is 10.9 Å². The number of amides is 1. The maximum Gasteiger partial charge on any atom is 0.311 e. The van der Waals surface area contributed by atoms with Crippen molar-refractivity contribution in [1.82, 2.24) is 15.3 Å². The number of aromatic nitrogens is 2. The molecule has 0 saturated heterocycles. The lowest BCUT2D eigenvalue weighted by molar-refractivity contribution is -0.385. The summed E-state index contributed by atoms with van der Waals surface area (Å²) in [7, 11) is 1.32. The SMILES string of the molecule is COc1ccc(C(=O)NC(=S)Nc2ccc(-c3nc4ccccc4[nH]3)cc2)cc1[N+](=O)[O-]. The average Bonchev–Trinajstić information content (AvgIpc) is 3.23. The molecule has 0 aliphatic heterocycles. The van der Waals surface area contributed by atoms with Crippen LogP contribution < -0.4 is 15.4 Å². The molecule has 4 aromatic rings. The Morgan fingerprint density at radius 2 is 1.88 bits per heavy atom. The number of thiocarbonyl (C=S) groups is 1. The van der Waals surface area contributed by atoms with Crippen LogP contribution in [0.15, 0.2) is 66.7 Å². The number of carbonyl (C=O) groups excluding carboxylic acids is 1. The number of benzene rings is 3. The topological polar surface area (TPSA) is 122 Å². The molecule has 3 aromatic carbocycles. The van der Waals surface area contributed by atoms with Crippen LogP contribution in [-0.2, 0) is 0 Å². The Morgan fingerprint density at radius 1 is 1.12 bits per heavy atom. The molecule has 0 unspecified atom stereocenters. The number of H-pyrrole nitrogens is 1. The molecule has 0 fully saturated rings. The number of nitrogens with one attached hydrogen (secondary N) is 3. The molecule has 0 spiro atoms. The van der Waals surface area contributed by atoms with Crippen molar-refractivity contribution < 1.29 is 14.5 Å². The number of nitro groups is 1. The summed E-state index contributed by atoms with van der Waals surface area (Å²) in [6.07, 6.45) is 0. The highest BCUT2D eigenvalue weighted by atomic mass is 32.1. The standard InChI is InChI=1S/C22H17N5O4S/c1-31-19-11-8-14(12-18(19)27(29)30)21(28)26-22(32)23-15-9-6-13(7-10-15)20-24-16-4-2-3-5-17(16)25-20/h2-12H,1H3,(H,24,25)(H2,23,26,28,32). The third kappa shape index (κ3) is 4.40. The monoisotopic (exact) mass is 447 g/mol. The van der Waals surface area contributed by atoms with Crippen LogP contribution in [0.3, 0.4) is 0 Å². The third-order valence-corrected chi connectivity index (χ3v) is 4.87. The first kappa shape index (κ1) is 20.9. The molecule has 10 heteroatoms. The minimum atomic E-state index is -0.615. The molecule has 4 rings (SSSR count). The molecule has 32 heavy (non-hydrogen) atoms. The van der Waals surface area contributed by atoms with Gasteiger partial charge in [-0.25, -0.2) is 4.98 Å². The lowest BCUT2D eigenvalue weighted by atomic mass is 10.1. The van der Waals surface area contributed by atoms with Gasteiger partial charge in [-0.1, -0.05) is 12.1 Å². The van der Waals surface area contributed by atoms with Gasteiger partial charge in [0.2, 0.25) is 0 Å². The Balaban J connectivity index is 1.42. The van der Waals surface area contributed by atoms with E-state index in [1.165, 1.54) is 19.2 Å². The average molecular weight is 447 g/mol. The molecule has 0 saturated carbocycles. The number of ether oxygens (including phenoxy) is 1. The molecule has 0 atom stereocenters. The van der Waals surface area contributed by atoms with Crippen LogP contribution in [0.1, 0.15) is 10.4 Å². The molecule has 1 amide bonds. The van der Waals surface area contributed by atoms with E-state index in [2.05, 4.69) is 20.6 Å². The third-order valence-electron chi connectivity index (χ3n) is 4.67. The summed E-state index contributed by atoms with van der Waals surface area (Å²) < 4.78 is 4.94.